The Morgan fingerprint density at radius 1 is 1.38 bits per heavy atom. The van der Waals surface area contributed by atoms with Crippen molar-refractivity contribution >= 4 is 5.82 Å². The quantitative estimate of drug-likeness (QED) is 0.624. The molecule has 0 aliphatic carbocycles. The molecule has 2 aliphatic rings. The van der Waals surface area contributed by atoms with E-state index in [1.54, 1.807) is 18.6 Å². The molecular formula is C9H11N3O. The minimum atomic E-state index is 0.178. The van der Waals surface area contributed by atoms with Gasteiger partial charge in [-0.1, -0.05) is 0 Å². The number of ether oxygens (including phenoxy) is 1. The molecule has 13 heavy (non-hydrogen) atoms. The molecule has 0 aromatic carbocycles. The fourth-order valence-corrected chi connectivity index (χ4v) is 1.91. The highest BCUT2D eigenvalue weighted by Crippen LogP contribution is 2.37. The van der Waals surface area contributed by atoms with Gasteiger partial charge in [-0.05, 0) is 0 Å². The van der Waals surface area contributed by atoms with Crippen molar-refractivity contribution in [1.29, 1.82) is 0 Å². The van der Waals surface area contributed by atoms with Gasteiger partial charge in [0.05, 0.1) is 25.9 Å². The summed E-state index contributed by atoms with van der Waals surface area (Å²) in [5, 5.41) is 0. The Hall–Kier alpha value is -1.16. The summed E-state index contributed by atoms with van der Waals surface area (Å²) in [5.41, 5.74) is 0.178. The number of rotatable bonds is 1. The largest absolute Gasteiger partial charge is 0.371 e. The number of aromatic nitrogens is 2. The van der Waals surface area contributed by atoms with Gasteiger partial charge >= 0.3 is 0 Å². The molecule has 0 unspecified atom stereocenters. The smallest absolute Gasteiger partial charge is 0.147 e. The second-order valence-corrected chi connectivity index (χ2v) is 3.70. The SMILES string of the molecule is c1cnc(N2CC3(CCO3)C2)cn1. The highest BCUT2D eigenvalue weighted by Gasteiger charge is 2.49. The molecule has 4 heteroatoms. The molecule has 0 atom stereocenters. The lowest BCUT2D eigenvalue weighted by Crippen LogP contribution is -2.68. The maximum absolute atomic E-state index is 5.52. The minimum absolute atomic E-state index is 0.178. The predicted molar refractivity (Wildman–Crippen MR) is 47.5 cm³/mol. The van der Waals surface area contributed by atoms with Gasteiger partial charge < -0.3 is 9.64 Å². The van der Waals surface area contributed by atoms with Crippen LogP contribution in [0.25, 0.3) is 0 Å². The van der Waals surface area contributed by atoms with Gasteiger partial charge in [-0.2, -0.15) is 0 Å². The van der Waals surface area contributed by atoms with E-state index >= 15 is 0 Å². The van der Waals surface area contributed by atoms with E-state index in [0.29, 0.717) is 0 Å². The van der Waals surface area contributed by atoms with Crippen molar-refractivity contribution < 1.29 is 4.74 Å². The maximum atomic E-state index is 5.52. The number of nitrogens with zero attached hydrogens (tertiary/aromatic N) is 3. The molecule has 1 aromatic heterocycles. The molecule has 3 heterocycles. The van der Waals surface area contributed by atoms with Gasteiger partial charge in [-0.25, -0.2) is 4.98 Å². The van der Waals surface area contributed by atoms with Crippen LogP contribution in [0.5, 0.6) is 0 Å². The van der Waals surface area contributed by atoms with Gasteiger partial charge in [0.25, 0.3) is 0 Å². The van der Waals surface area contributed by atoms with Crippen molar-refractivity contribution in [3.8, 4) is 0 Å². The maximum Gasteiger partial charge on any atom is 0.147 e. The van der Waals surface area contributed by atoms with E-state index in [1.165, 1.54) is 6.42 Å². The van der Waals surface area contributed by atoms with Gasteiger partial charge in [-0.15, -0.1) is 0 Å². The van der Waals surface area contributed by atoms with Crippen molar-refractivity contribution in [3.63, 3.8) is 0 Å². The van der Waals surface area contributed by atoms with E-state index in [9.17, 15) is 0 Å². The minimum Gasteiger partial charge on any atom is -0.371 e. The second kappa shape index (κ2) is 2.42. The summed E-state index contributed by atoms with van der Waals surface area (Å²) < 4.78 is 5.52. The van der Waals surface area contributed by atoms with E-state index in [0.717, 1.165) is 25.5 Å². The molecule has 0 saturated carbocycles. The molecular weight excluding hydrogens is 166 g/mol. The summed E-state index contributed by atoms with van der Waals surface area (Å²) in [4.78, 5) is 10.5. The van der Waals surface area contributed by atoms with E-state index in [2.05, 4.69) is 14.9 Å². The molecule has 0 radical (unpaired) electrons. The average Bonchev–Trinajstić information content (AvgIpc) is 2.01. The Kier molecular flexibility index (Phi) is 1.35. The lowest BCUT2D eigenvalue weighted by Gasteiger charge is -2.55. The molecule has 2 saturated heterocycles. The first-order valence-corrected chi connectivity index (χ1v) is 4.53. The third kappa shape index (κ3) is 1.02. The van der Waals surface area contributed by atoms with E-state index in [4.69, 9.17) is 4.74 Å². The summed E-state index contributed by atoms with van der Waals surface area (Å²) in [6.07, 6.45) is 6.41. The Morgan fingerprint density at radius 3 is 2.77 bits per heavy atom. The Labute approximate surface area is 76.6 Å². The monoisotopic (exact) mass is 177 g/mol. The topological polar surface area (TPSA) is 38.2 Å². The lowest BCUT2D eigenvalue weighted by atomic mass is 9.86. The van der Waals surface area contributed by atoms with Crippen LogP contribution in [0.2, 0.25) is 0 Å². The second-order valence-electron chi connectivity index (χ2n) is 3.70. The fraction of sp³-hybridized carbons (Fsp3) is 0.556. The van der Waals surface area contributed by atoms with Gasteiger partial charge in [0.2, 0.25) is 0 Å². The molecule has 4 nitrogen and oxygen atoms in total. The highest BCUT2D eigenvalue weighted by molar-refractivity contribution is 5.42. The number of hydrogen-bond acceptors (Lipinski definition) is 4. The molecule has 3 rings (SSSR count). The molecule has 0 bridgehead atoms. The molecule has 2 aliphatic heterocycles. The van der Waals surface area contributed by atoms with E-state index in [-0.39, 0.29) is 5.60 Å². The zero-order valence-corrected chi connectivity index (χ0v) is 7.31. The van der Waals surface area contributed by atoms with Crippen molar-refractivity contribution in [2.75, 3.05) is 24.6 Å². The van der Waals surface area contributed by atoms with Gasteiger partial charge in [0.1, 0.15) is 11.4 Å². The first kappa shape index (κ1) is 7.26. The van der Waals surface area contributed by atoms with Crippen LogP contribution in [-0.4, -0.2) is 35.3 Å². The van der Waals surface area contributed by atoms with Crippen molar-refractivity contribution in [3.05, 3.63) is 18.6 Å². The molecule has 1 spiro atoms. The van der Waals surface area contributed by atoms with Gasteiger partial charge in [-0.3, -0.25) is 4.98 Å². The molecule has 68 valence electrons. The normalized spacial score (nSPS) is 23.8. The Balaban J connectivity index is 1.71. The van der Waals surface area contributed by atoms with E-state index in [1.807, 2.05) is 0 Å². The lowest BCUT2D eigenvalue weighted by molar-refractivity contribution is -0.161. The van der Waals surface area contributed by atoms with Crippen molar-refractivity contribution in [2.24, 2.45) is 0 Å². The highest BCUT2D eigenvalue weighted by atomic mass is 16.5. The first-order valence-electron chi connectivity index (χ1n) is 4.53. The zero-order valence-electron chi connectivity index (χ0n) is 7.31. The predicted octanol–water partition coefficient (Wildman–Crippen LogP) is 0.456. The molecule has 0 N–H and O–H groups in total. The Morgan fingerprint density at radius 2 is 2.23 bits per heavy atom. The van der Waals surface area contributed by atoms with Crippen LogP contribution < -0.4 is 4.90 Å². The summed E-state index contributed by atoms with van der Waals surface area (Å²) in [6.45, 7) is 2.88. The van der Waals surface area contributed by atoms with Crippen molar-refractivity contribution in [2.45, 2.75) is 12.0 Å². The van der Waals surface area contributed by atoms with Crippen LogP contribution in [0.4, 0.5) is 5.82 Å². The van der Waals surface area contributed by atoms with Gasteiger partial charge in [0.15, 0.2) is 0 Å². The molecule has 0 amide bonds. The third-order valence-electron chi connectivity index (χ3n) is 2.80. The zero-order chi connectivity index (χ0) is 8.73. The average molecular weight is 177 g/mol. The van der Waals surface area contributed by atoms with Crippen LogP contribution in [0.3, 0.4) is 0 Å². The van der Waals surface area contributed by atoms with Crippen LogP contribution in [0.1, 0.15) is 6.42 Å². The fourth-order valence-electron chi connectivity index (χ4n) is 1.91. The van der Waals surface area contributed by atoms with Crippen LogP contribution in [0.15, 0.2) is 18.6 Å². The third-order valence-corrected chi connectivity index (χ3v) is 2.80. The summed E-state index contributed by atoms with van der Waals surface area (Å²) in [7, 11) is 0. The molecule has 2 fully saturated rings. The van der Waals surface area contributed by atoms with Crippen LogP contribution in [-0.2, 0) is 4.74 Å². The van der Waals surface area contributed by atoms with Crippen molar-refractivity contribution in [1.82, 2.24) is 9.97 Å². The summed E-state index contributed by atoms with van der Waals surface area (Å²) in [6, 6.07) is 0. The van der Waals surface area contributed by atoms with Gasteiger partial charge in [0, 0.05) is 18.8 Å². The standard InChI is InChI=1S/C9H11N3O/c1-4-13-9(1)6-12(7-9)8-5-10-2-3-11-8/h2-3,5H,1,4,6-7H2. The number of hydrogen-bond donors (Lipinski definition) is 0. The summed E-state index contributed by atoms with van der Waals surface area (Å²) in [5.74, 6) is 0.962. The number of anilines is 1. The Bertz CT molecular complexity index is 302. The van der Waals surface area contributed by atoms with Crippen LogP contribution >= 0.6 is 0 Å². The first-order chi connectivity index (χ1) is 6.38. The van der Waals surface area contributed by atoms with E-state index < -0.39 is 0 Å². The van der Waals surface area contributed by atoms with Crippen LogP contribution in [0, 0.1) is 0 Å². The summed E-state index contributed by atoms with van der Waals surface area (Å²) >= 11 is 0. The molecule has 1 aromatic rings.